The number of rotatable bonds is 4. The van der Waals surface area contributed by atoms with E-state index in [1.807, 2.05) is 0 Å². The molecule has 20 heavy (non-hydrogen) atoms. The van der Waals surface area contributed by atoms with Crippen LogP contribution in [-0.4, -0.2) is 50.1 Å². The Morgan fingerprint density at radius 2 is 2.20 bits per heavy atom. The normalized spacial score (nSPS) is 22.0. The highest BCUT2D eigenvalue weighted by Gasteiger charge is 2.36. The zero-order valence-corrected chi connectivity index (χ0v) is 11.2. The van der Waals surface area contributed by atoms with Gasteiger partial charge in [0.25, 0.3) is 0 Å². The summed E-state index contributed by atoms with van der Waals surface area (Å²) < 4.78 is 1.39. The summed E-state index contributed by atoms with van der Waals surface area (Å²) in [6.45, 7) is 0.684. The summed E-state index contributed by atoms with van der Waals surface area (Å²) in [5, 5.41) is 6.85. The Labute approximate surface area is 116 Å². The standard InChI is InChI=1S/C12H18N6O2/c13-12-14-7-17(16-12)6-10(19)18-5-1-2-9(18)11(20)15-8-3-4-8/h7-9H,1-6H2,(H2,13,16)(H,15,20). The average molecular weight is 278 g/mol. The molecule has 8 heteroatoms. The van der Waals surface area contributed by atoms with Crippen LogP contribution in [0, 0.1) is 0 Å². The molecule has 2 aliphatic rings. The minimum Gasteiger partial charge on any atom is -0.367 e. The van der Waals surface area contributed by atoms with Crippen molar-refractivity contribution in [3.05, 3.63) is 6.33 Å². The van der Waals surface area contributed by atoms with Crippen molar-refractivity contribution in [1.29, 1.82) is 0 Å². The number of carbonyl (C=O) groups is 2. The molecule has 0 spiro atoms. The van der Waals surface area contributed by atoms with Crippen LogP contribution in [0.2, 0.25) is 0 Å². The number of nitrogens with one attached hydrogen (secondary N) is 1. The number of nitrogen functional groups attached to an aromatic ring is 1. The van der Waals surface area contributed by atoms with Crippen molar-refractivity contribution >= 4 is 17.8 Å². The lowest BCUT2D eigenvalue weighted by atomic mass is 10.2. The molecule has 1 saturated heterocycles. The summed E-state index contributed by atoms with van der Waals surface area (Å²) in [6, 6.07) is -0.0286. The van der Waals surface area contributed by atoms with E-state index < -0.39 is 0 Å². The number of aromatic nitrogens is 3. The number of likely N-dealkylation sites (tertiary alicyclic amines) is 1. The third kappa shape index (κ3) is 2.73. The summed E-state index contributed by atoms with van der Waals surface area (Å²) in [5.41, 5.74) is 5.41. The summed E-state index contributed by atoms with van der Waals surface area (Å²) in [4.78, 5) is 29.8. The highest BCUT2D eigenvalue weighted by molar-refractivity contribution is 5.88. The quantitative estimate of drug-likeness (QED) is 0.744. The van der Waals surface area contributed by atoms with Crippen molar-refractivity contribution in [2.24, 2.45) is 0 Å². The van der Waals surface area contributed by atoms with Crippen LogP contribution in [-0.2, 0) is 16.1 Å². The monoisotopic (exact) mass is 278 g/mol. The van der Waals surface area contributed by atoms with Gasteiger partial charge in [-0.15, -0.1) is 5.10 Å². The number of hydrogen-bond acceptors (Lipinski definition) is 5. The molecule has 0 bridgehead atoms. The van der Waals surface area contributed by atoms with Crippen molar-refractivity contribution in [1.82, 2.24) is 25.0 Å². The van der Waals surface area contributed by atoms with E-state index in [2.05, 4.69) is 15.4 Å². The van der Waals surface area contributed by atoms with Crippen LogP contribution in [0.25, 0.3) is 0 Å². The summed E-state index contributed by atoms with van der Waals surface area (Å²) in [6.07, 6.45) is 5.09. The van der Waals surface area contributed by atoms with E-state index in [9.17, 15) is 9.59 Å². The van der Waals surface area contributed by atoms with Gasteiger partial charge in [0.05, 0.1) is 0 Å². The first-order valence-electron chi connectivity index (χ1n) is 6.88. The number of amides is 2. The van der Waals surface area contributed by atoms with Crippen LogP contribution in [0.4, 0.5) is 5.95 Å². The van der Waals surface area contributed by atoms with Crippen molar-refractivity contribution in [2.75, 3.05) is 12.3 Å². The van der Waals surface area contributed by atoms with Gasteiger partial charge in [-0.2, -0.15) is 0 Å². The molecule has 108 valence electrons. The van der Waals surface area contributed by atoms with Crippen LogP contribution < -0.4 is 11.1 Å². The molecule has 2 heterocycles. The van der Waals surface area contributed by atoms with E-state index in [0.29, 0.717) is 12.6 Å². The van der Waals surface area contributed by atoms with Gasteiger partial charge in [0.15, 0.2) is 0 Å². The largest absolute Gasteiger partial charge is 0.367 e. The van der Waals surface area contributed by atoms with Crippen LogP contribution in [0.1, 0.15) is 25.7 Å². The van der Waals surface area contributed by atoms with Crippen molar-refractivity contribution in [3.8, 4) is 0 Å². The van der Waals surface area contributed by atoms with Gasteiger partial charge < -0.3 is 16.0 Å². The number of carbonyl (C=O) groups excluding carboxylic acids is 2. The Bertz CT molecular complexity index is 524. The number of anilines is 1. The average Bonchev–Trinajstić information content (AvgIpc) is 2.92. The highest BCUT2D eigenvalue weighted by Crippen LogP contribution is 2.22. The molecule has 1 aliphatic heterocycles. The van der Waals surface area contributed by atoms with Gasteiger partial charge in [0.1, 0.15) is 18.9 Å². The predicted molar refractivity (Wildman–Crippen MR) is 70.3 cm³/mol. The van der Waals surface area contributed by atoms with Gasteiger partial charge in [0, 0.05) is 12.6 Å². The molecule has 1 aliphatic carbocycles. The zero-order valence-electron chi connectivity index (χ0n) is 11.2. The van der Waals surface area contributed by atoms with Crippen LogP contribution in [0.15, 0.2) is 6.33 Å². The smallest absolute Gasteiger partial charge is 0.245 e. The van der Waals surface area contributed by atoms with Crippen molar-refractivity contribution in [2.45, 2.75) is 44.3 Å². The van der Waals surface area contributed by atoms with Gasteiger partial charge in [-0.1, -0.05) is 0 Å². The van der Waals surface area contributed by atoms with E-state index in [4.69, 9.17) is 5.73 Å². The van der Waals surface area contributed by atoms with Gasteiger partial charge in [-0.25, -0.2) is 9.67 Å². The molecular formula is C12H18N6O2. The Morgan fingerprint density at radius 3 is 2.85 bits per heavy atom. The van der Waals surface area contributed by atoms with Crippen LogP contribution in [0.5, 0.6) is 0 Å². The second-order valence-corrected chi connectivity index (χ2v) is 5.33. The van der Waals surface area contributed by atoms with E-state index in [1.165, 1.54) is 11.0 Å². The van der Waals surface area contributed by atoms with E-state index in [0.717, 1.165) is 25.7 Å². The molecule has 1 atom stereocenters. The molecule has 8 nitrogen and oxygen atoms in total. The Balaban J connectivity index is 1.61. The third-order valence-corrected chi connectivity index (χ3v) is 3.65. The summed E-state index contributed by atoms with van der Waals surface area (Å²) in [5.74, 6) is -0.0120. The maximum Gasteiger partial charge on any atom is 0.245 e. The summed E-state index contributed by atoms with van der Waals surface area (Å²) >= 11 is 0. The fourth-order valence-electron chi connectivity index (χ4n) is 2.48. The number of hydrogen-bond donors (Lipinski definition) is 2. The van der Waals surface area contributed by atoms with E-state index in [1.54, 1.807) is 4.90 Å². The van der Waals surface area contributed by atoms with E-state index in [-0.39, 0.29) is 30.3 Å². The second-order valence-electron chi connectivity index (χ2n) is 5.33. The Kier molecular flexibility index (Phi) is 3.29. The maximum atomic E-state index is 12.3. The fraction of sp³-hybridized carbons (Fsp3) is 0.667. The minimum absolute atomic E-state index is 0.0311. The summed E-state index contributed by atoms with van der Waals surface area (Å²) in [7, 11) is 0. The third-order valence-electron chi connectivity index (χ3n) is 3.65. The molecule has 1 aromatic heterocycles. The van der Waals surface area contributed by atoms with Crippen molar-refractivity contribution in [3.63, 3.8) is 0 Å². The SMILES string of the molecule is Nc1ncn(CC(=O)N2CCCC2C(=O)NC2CC2)n1. The zero-order chi connectivity index (χ0) is 14.1. The molecule has 3 rings (SSSR count). The fourth-order valence-corrected chi connectivity index (χ4v) is 2.48. The van der Waals surface area contributed by atoms with Gasteiger partial charge >= 0.3 is 0 Å². The molecule has 1 saturated carbocycles. The van der Waals surface area contributed by atoms with Gasteiger partial charge in [-0.3, -0.25) is 9.59 Å². The van der Waals surface area contributed by atoms with Crippen molar-refractivity contribution < 1.29 is 9.59 Å². The molecule has 0 aromatic carbocycles. The van der Waals surface area contributed by atoms with Crippen LogP contribution >= 0.6 is 0 Å². The van der Waals surface area contributed by atoms with Gasteiger partial charge in [0.2, 0.25) is 17.8 Å². The first-order chi connectivity index (χ1) is 9.63. The molecule has 1 aromatic rings. The highest BCUT2D eigenvalue weighted by atomic mass is 16.2. The minimum atomic E-state index is -0.344. The molecule has 1 unspecified atom stereocenters. The number of nitrogens with two attached hydrogens (primary N) is 1. The lowest BCUT2D eigenvalue weighted by Crippen LogP contribution is -2.47. The van der Waals surface area contributed by atoms with E-state index >= 15 is 0 Å². The first-order valence-corrected chi connectivity index (χ1v) is 6.88. The van der Waals surface area contributed by atoms with Gasteiger partial charge in [-0.05, 0) is 25.7 Å². The number of nitrogens with zero attached hydrogens (tertiary/aromatic N) is 4. The lowest BCUT2D eigenvalue weighted by Gasteiger charge is -2.23. The Hall–Kier alpha value is -2.12. The predicted octanol–water partition coefficient (Wildman–Crippen LogP) is -0.870. The Morgan fingerprint density at radius 1 is 1.40 bits per heavy atom. The molecule has 3 N–H and O–H groups in total. The molecular weight excluding hydrogens is 260 g/mol. The first kappa shape index (κ1) is 12.9. The topological polar surface area (TPSA) is 106 Å². The van der Waals surface area contributed by atoms with Crippen LogP contribution in [0.3, 0.4) is 0 Å². The molecule has 2 amide bonds. The lowest BCUT2D eigenvalue weighted by molar-refractivity contribution is -0.139. The second kappa shape index (κ2) is 5.10. The molecule has 0 radical (unpaired) electrons. The maximum absolute atomic E-state index is 12.3. The molecule has 2 fully saturated rings.